The molecule has 1 aliphatic heterocycles. The predicted octanol–water partition coefficient (Wildman–Crippen LogP) is -1.31. The van der Waals surface area contributed by atoms with Crippen LogP contribution in [0.1, 0.15) is 25.7 Å². The molecule has 1 heterocycles. The number of amides is 2. The van der Waals surface area contributed by atoms with Gasteiger partial charge in [0.05, 0.1) is 6.61 Å². The average Bonchev–Trinajstić information content (AvgIpc) is 2.55. The number of ether oxygens (including phenoxy) is 2. The summed E-state index contributed by atoms with van der Waals surface area (Å²) < 4.78 is 11.0. The normalized spacial score (nSPS) is 18.2. The Morgan fingerprint density at radius 3 is 2.27 bits per heavy atom. The van der Waals surface area contributed by atoms with E-state index in [-0.39, 0.29) is 18.1 Å². The summed E-state index contributed by atoms with van der Waals surface area (Å²) in [6.45, 7) is 2.33. The van der Waals surface area contributed by atoms with Crippen LogP contribution in [0, 0.1) is 5.92 Å². The minimum absolute atomic E-state index is 0.228. The van der Waals surface area contributed by atoms with E-state index in [1.54, 1.807) is 0 Å². The van der Waals surface area contributed by atoms with Gasteiger partial charge < -0.3 is 31.6 Å². The molecule has 1 atom stereocenters. The Kier molecular flexibility index (Phi) is 9.72. The van der Waals surface area contributed by atoms with Crippen LogP contribution < -0.4 is 22.1 Å². The number of carbonyl (C=O) groups is 2. The van der Waals surface area contributed by atoms with Crippen molar-refractivity contribution in [1.29, 1.82) is 0 Å². The van der Waals surface area contributed by atoms with E-state index in [0.29, 0.717) is 45.8 Å². The molecule has 0 bridgehead atoms. The van der Waals surface area contributed by atoms with Crippen LogP contribution in [-0.2, 0) is 19.1 Å². The number of nitrogens with one attached hydrogen (secondary N) is 2. The first kappa shape index (κ1) is 18.8. The first-order valence-electron chi connectivity index (χ1n) is 7.87. The zero-order valence-corrected chi connectivity index (χ0v) is 13.0. The molecule has 1 fully saturated rings. The van der Waals surface area contributed by atoms with Crippen LogP contribution in [0.25, 0.3) is 0 Å². The Morgan fingerprint density at radius 1 is 1.14 bits per heavy atom. The monoisotopic (exact) mass is 316 g/mol. The lowest BCUT2D eigenvalue weighted by atomic mass is 10.0. The standard InChI is InChI=1S/C14H28N4O4/c15-5-7-17-13(19)11(14(20)18-8-6-16)4-10-22-12-3-1-2-9-21-12/h11-12H,1-10,15-16H2,(H,17,19)(H,18,20). The maximum atomic E-state index is 12.0. The van der Waals surface area contributed by atoms with Gasteiger partial charge in [-0.25, -0.2) is 0 Å². The van der Waals surface area contributed by atoms with Crippen molar-refractivity contribution in [3.63, 3.8) is 0 Å². The first-order valence-corrected chi connectivity index (χ1v) is 7.87. The molecule has 1 unspecified atom stereocenters. The van der Waals surface area contributed by atoms with Crippen molar-refractivity contribution in [1.82, 2.24) is 10.6 Å². The van der Waals surface area contributed by atoms with Crippen LogP contribution >= 0.6 is 0 Å². The molecule has 6 N–H and O–H groups in total. The molecule has 22 heavy (non-hydrogen) atoms. The Labute approximate surface area is 131 Å². The van der Waals surface area contributed by atoms with Gasteiger partial charge in [-0.15, -0.1) is 0 Å². The van der Waals surface area contributed by atoms with Gasteiger partial charge in [-0.05, 0) is 25.7 Å². The fourth-order valence-corrected chi connectivity index (χ4v) is 2.18. The quantitative estimate of drug-likeness (QED) is 0.370. The number of hydrogen-bond donors (Lipinski definition) is 4. The van der Waals surface area contributed by atoms with Gasteiger partial charge in [0.2, 0.25) is 11.8 Å². The van der Waals surface area contributed by atoms with E-state index in [9.17, 15) is 9.59 Å². The largest absolute Gasteiger partial charge is 0.354 e. The second kappa shape index (κ2) is 11.4. The lowest BCUT2D eigenvalue weighted by Gasteiger charge is -2.23. The van der Waals surface area contributed by atoms with E-state index in [0.717, 1.165) is 19.3 Å². The Balaban J connectivity index is 2.41. The van der Waals surface area contributed by atoms with Crippen molar-refractivity contribution in [2.75, 3.05) is 39.4 Å². The van der Waals surface area contributed by atoms with Crippen molar-refractivity contribution >= 4 is 11.8 Å². The molecule has 0 radical (unpaired) electrons. The molecule has 2 amide bonds. The number of nitrogens with two attached hydrogens (primary N) is 2. The highest BCUT2D eigenvalue weighted by Gasteiger charge is 2.26. The molecular weight excluding hydrogens is 288 g/mol. The highest BCUT2D eigenvalue weighted by molar-refractivity contribution is 6.00. The first-order chi connectivity index (χ1) is 10.7. The molecule has 8 heteroatoms. The second-order valence-corrected chi connectivity index (χ2v) is 5.17. The van der Waals surface area contributed by atoms with E-state index in [4.69, 9.17) is 20.9 Å². The van der Waals surface area contributed by atoms with E-state index < -0.39 is 5.92 Å². The third-order valence-corrected chi connectivity index (χ3v) is 3.37. The molecule has 0 aromatic rings. The summed E-state index contributed by atoms with van der Waals surface area (Å²) in [7, 11) is 0. The maximum absolute atomic E-state index is 12.0. The van der Waals surface area contributed by atoms with Gasteiger partial charge >= 0.3 is 0 Å². The van der Waals surface area contributed by atoms with Crippen LogP contribution in [0.15, 0.2) is 0 Å². The van der Waals surface area contributed by atoms with Crippen LogP contribution in [-0.4, -0.2) is 57.5 Å². The van der Waals surface area contributed by atoms with Gasteiger partial charge in [-0.2, -0.15) is 0 Å². The van der Waals surface area contributed by atoms with Crippen molar-refractivity contribution in [3.05, 3.63) is 0 Å². The molecule has 1 rings (SSSR count). The van der Waals surface area contributed by atoms with Gasteiger partial charge in [0.15, 0.2) is 6.29 Å². The second-order valence-electron chi connectivity index (χ2n) is 5.17. The Bertz CT molecular complexity index is 315. The average molecular weight is 316 g/mol. The van der Waals surface area contributed by atoms with Gasteiger partial charge in [0.25, 0.3) is 0 Å². The smallest absolute Gasteiger partial charge is 0.232 e. The van der Waals surface area contributed by atoms with Gasteiger partial charge in [-0.3, -0.25) is 9.59 Å². The SMILES string of the molecule is NCCNC(=O)C(CCOC1CCCCO1)C(=O)NCCN. The summed E-state index contributed by atoms with van der Waals surface area (Å²) >= 11 is 0. The fraction of sp³-hybridized carbons (Fsp3) is 0.857. The molecule has 0 aromatic carbocycles. The lowest BCUT2D eigenvalue weighted by Crippen LogP contribution is -2.44. The third-order valence-electron chi connectivity index (χ3n) is 3.37. The summed E-state index contributed by atoms with van der Waals surface area (Å²) in [6.07, 6.45) is 3.04. The van der Waals surface area contributed by atoms with E-state index in [1.165, 1.54) is 0 Å². The number of hydrogen-bond acceptors (Lipinski definition) is 6. The molecule has 128 valence electrons. The summed E-state index contributed by atoms with van der Waals surface area (Å²) in [5, 5.41) is 5.27. The topological polar surface area (TPSA) is 129 Å². The van der Waals surface area contributed by atoms with Crippen LogP contribution in [0.3, 0.4) is 0 Å². The molecule has 1 aliphatic rings. The third kappa shape index (κ3) is 7.17. The van der Waals surface area contributed by atoms with Gasteiger partial charge in [0, 0.05) is 32.8 Å². The van der Waals surface area contributed by atoms with Crippen LogP contribution in [0.4, 0.5) is 0 Å². The molecular formula is C14H28N4O4. The number of rotatable bonds is 10. The van der Waals surface area contributed by atoms with Crippen molar-refractivity contribution in [2.45, 2.75) is 32.0 Å². The molecule has 1 saturated heterocycles. The molecule has 0 spiro atoms. The lowest BCUT2D eigenvalue weighted by molar-refractivity contribution is -0.166. The highest BCUT2D eigenvalue weighted by atomic mass is 16.7. The molecule has 0 aliphatic carbocycles. The van der Waals surface area contributed by atoms with E-state index in [1.807, 2.05) is 0 Å². The zero-order valence-electron chi connectivity index (χ0n) is 13.0. The van der Waals surface area contributed by atoms with Crippen molar-refractivity contribution in [2.24, 2.45) is 17.4 Å². The molecule has 8 nitrogen and oxygen atoms in total. The van der Waals surface area contributed by atoms with Crippen LogP contribution in [0.5, 0.6) is 0 Å². The molecule has 0 saturated carbocycles. The van der Waals surface area contributed by atoms with Gasteiger partial charge in [0.1, 0.15) is 5.92 Å². The van der Waals surface area contributed by atoms with E-state index >= 15 is 0 Å². The summed E-state index contributed by atoms with van der Waals surface area (Å²) in [5.41, 5.74) is 10.7. The molecule has 0 aromatic heterocycles. The predicted molar refractivity (Wildman–Crippen MR) is 81.8 cm³/mol. The summed E-state index contributed by atoms with van der Waals surface area (Å²) in [4.78, 5) is 24.1. The zero-order chi connectivity index (χ0) is 16.2. The fourth-order valence-electron chi connectivity index (χ4n) is 2.18. The summed E-state index contributed by atoms with van der Waals surface area (Å²) in [5.74, 6) is -1.48. The minimum Gasteiger partial charge on any atom is -0.354 e. The Hall–Kier alpha value is -1.22. The van der Waals surface area contributed by atoms with Gasteiger partial charge in [-0.1, -0.05) is 0 Å². The maximum Gasteiger partial charge on any atom is 0.232 e. The van der Waals surface area contributed by atoms with Crippen molar-refractivity contribution < 1.29 is 19.1 Å². The Morgan fingerprint density at radius 2 is 1.77 bits per heavy atom. The van der Waals surface area contributed by atoms with Crippen LogP contribution in [0.2, 0.25) is 0 Å². The minimum atomic E-state index is -0.804. The highest BCUT2D eigenvalue weighted by Crippen LogP contribution is 2.15. The summed E-state index contributed by atoms with van der Waals surface area (Å²) in [6, 6.07) is 0. The van der Waals surface area contributed by atoms with E-state index in [2.05, 4.69) is 10.6 Å². The number of carbonyl (C=O) groups excluding carboxylic acids is 2. The van der Waals surface area contributed by atoms with Crippen molar-refractivity contribution in [3.8, 4) is 0 Å².